The standard InChI is InChI=1S/C14H28N4O4/c1-4-17-5-7-18(8-6-17)16-11(20)9-15-13(22)12(21)14(2,3)10-19/h12,19,21H,4-10H2,1-3H3,(H,15,22)(H,16,20)/t12-/m0/s1. The van der Waals surface area contributed by atoms with E-state index in [2.05, 4.69) is 22.6 Å². The van der Waals surface area contributed by atoms with Crippen LogP contribution in [0, 0.1) is 5.41 Å². The lowest BCUT2D eigenvalue weighted by Gasteiger charge is -2.34. The van der Waals surface area contributed by atoms with Crippen LogP contribution in [0.25, 0.3) is 0 Å². The summed E-state index contributed by atoms with van der Waals surface area (Å²) in [6, 6.07) is 0. The van der Waals surface area contributed by atoms with Crippen molar-refractivity contribution >= 4 is 11.8 Å². The van der Waals surface area contributed by atoms with Crippen LogP contribution < -0.4 is 10.7 Å². The highest BCUT2D eigenvalue weighted by molar-refractivity contribution is 5.87. The molecule has 0 spiro atoms. The Morgan fingerprint density at radius 2 is 1.82 bits per heavy atom. The molecule has 1 atom stereocenters. The van der Waals surface area contributed by atoms with Crippen LogP contribution in [0.3, 0.4) is 0 Å². The van der Waals surface area contributed by atoms with Crippen LogP contribution in [0.15, 0.2) is 0 Å². The van der Waals surface area contributed by atoms with Crippen molar-refractivity contribution in [1.82, 2.24) is 20.7 Å². The molecule has 1 aliphatic heterocycles. The molecular weight excluding hydrogens is 288 g/mol. The zero-order valence-corrected chi connectivity index (χ0v) is 13.6. The molecule has 1 fully saturated rings. The molecule has 0 aromatic rings. The summed E-state index contributed by atoms with van der Waals surface area (Å²) in [5.41, 5.74) is 1.79. The van der Waals surface area contributed by atoms with Gasteiger partial charge >= 0.3 is 0 Å². The molecule has 0 aliphatic carbocycles. The maximum absolute atomic E-state index is 11.8. The quantitative estimate of drug-likeness (QED) is 0.439. The first kappa shape index (κ1) is 18.8. The molecule has 0 aromatic carbocycles. The Labute approximate surface area is 131 Å². The molecule has 8 heteroatoms. The number of hydrazine groups is 1. The summed E-state index contributed by atoms with van der Waals surface area (Å²) in [6.07, 6.45) is -1.36. The van der Waals surface area contributed by atoms with Gasteiger partial charge in [0.2, 0.25) is 5.91 Å². The van der Waals surface area contributed by atoms with E-state index in [1.165, 1.54) is 0 Å². The van der Waals surface area contributed by atoms with Crippen molar-refractivity contribution in [2.75, 3.05) is 45.9 Å². The fraction of sp³-hybridized carbons (Fsp3) is 0.857. The Kier molecular flexibility index (Phi) is 7.21. The number of likely N-dealkylation sites (N-methyl/N-ethyl adjacent to an activating group) is 1. The molecule has 0 unspecified atom stereocenters. The van der Waals surface area contributed by atoms with E-state index >= 15 is 0 Å². The van der Waals surface area contributed by atoms with Gasteiger partial charge in [0.25, 0.3) is 5.91 Å². The largest absolute Gasteiger partial charge is 0.396 e. The second-order valence-electron chi connectivity index (χ2n) is 6.22. The van der Waals surface area contributed by atoms with Gasteiger partial charge < -0.3 is 20.4 Å². The predicted octanol–water partition coefficient (Wildman–Crippen LogP) is -1.85. The van der Waals surface area contributed by atoms with Crippen LogP contribution in [0.4, 0.5) is 0 Å². The van der Waals surface area contributed by atoms with Crippen LogP contribution in [-0.4, -0.2) is 83.9 Å². The number of piperazine rings is 1. The lowest BCUT2D eigenvalue weighted by Crippen LogP contribution is -2.55. The molecule has 1 rings (SSSR count). The van der Waals surface area contributed by atoms with Crippen molar-refractivity contribution in [3.8, 4) is 0 Å². The van der Waals surface area contributed by atoms with Crippen molar-refractivity contribution in [2.45, 2.75) is 26.9 Å². The molecule has 1 saturated heterocycles. The van der Waals surface area contributed by atoms with E-state index in [9.17, 15) is 14.7 Å². The first-order valence-corrected chi connectivity index (χ1v) is 7.63. The summed E-state index contributed by atoms with van der Waals surface area (Å²) in [5, 5.41) is 23.1. The third-order valence-corrected chi connectivity index (χ3v) is 3.92. The normalized spacial score (nSPS) is 18.8. The number of nitrogens with one attached hydrogen (secondary N) is 2. The van der Waals surface area contributed by atoms with E-state index in [-0.39, 0.29) is 19.1 Å². The molecule has 0 aromatic heterocycles. The highest BCUT2D eigenvalue weighted by atomic mass is 16.3. The Balaban J connectivity index is 2.30. The molecular formula is C14H28N4O4. The highest BCUT2D eigenvalue weighted by Crippen LogP contribution is 2.19. The van der Waals surface area contributed by atoms with E-state index in [4.69, 9.17) is 5.11 Å². The number of hydrogen-bond donors (Lipinski definition) is 4. The second-order valence-corrected chi connectivity index (χ2v) is 6.22. The van der Waals surface area contributed by atoms with Crippen LogP contribution in [-0.2, 0) is 9.59 Å². The van der Waals surface area contributed by atoms with Gasteiger partial charge in [-0.05, 0) is 6.54 Å². The molecule has 1 heterocycles. The smallest absolute Gasteiger partial charge is 0.253 e. The Morgan fingerprint density at radius 3 is 2.32 bits per heavy atom. The third kappa shape index (κ3) is 5.53. The van der Waals surface area contributed by atoms with Crippen LogP contribution in [0.1, 0.15) is 20.8 Å². The Morgan fingerprint density at radius 1 is 1.23 bits per heavy atom. The van der Waals surface area contributed by atoms with E-state index in [1.54, 1.807) is 13.8 Å². The van der Waals surface area contributed by atoms with Crippen molar-refractivity contribution in [3.05, 3.63) is 0 Å². The van der Waals surface area contributed by atoms with Gasteiger partial charge in [0.15, 0.2) is 0 Å². The molecule has 0 saturated carbocycles. The molecule has 2 amide bonds. The Bertz CT molecular complexity index is 381. The SMILES string of the molecule is CCN1CCN(NC(=O)CNC(=O)[C@H](O)C(C)(C)CO)CC1. The fourth-order valence-corrected chi connectivity index (χ4v) is 2.10. The molecule has 1 aliphatic rings. The van der Waals surface area contributed by atoms with Crippen molar-refractivity contribution in [1.29, 1.82) is 0 Å². The number of rotatable bonds is 7. The minimum Gasteiger partial charge on any atom is -0.396 e. The third-order valence-electron chi connectivity index (χ3n) is 3.92. The van der Waals surface area contributed by atoms with Gasteiger partial charge in [-0.2, -0.15) is 0 Å². The lowest BCUT2D eigenvalue weighted by atomic mass is 9.87. The zero-order chi connectivity index (χ0) is 16.8. The minimum atomic E-state index is -1.36. The van der Waals surface area contributed by atoms with E-state index in [1.807, 2.05) is 5.01 Å². The Hall–Kier alpha value is -1.22. The van der Waals surface area contributed by atoms with E-state index in [0.29, 0.717) is 0 Å². The molecule has 0 radical (unpaired) electrons. The van der Waals surface area contributed by atoms with Crippen LogP contribution in [0.5, 0.6) is 0 Å². The fourth-order valence-electron chi connectivity index (χ4n) is 2.10. The van der Waals surface area contributed by atoms with Crippen molar-refractivity contribution in [2.24, 2.45) is 5.41 Å². The second kappa shape index (κ2) is 8.42. The van der Waals surface area contributed by atoms with Crippen molar-refractivity contribution < 1.29 is 19.8 Å². The van der Waals surface area contributed by atoms with Gasteiger partial charge in [-0.25, -0.2) is 5.01 Å². The minimum absolute atomic E-state index is 0.203. The van der Waals surface area contributed by atoms with Crippen LogP contribution >= 0.6 is 0 Å². The number of amides is 2. The summed E-state index contributed by atoms with van der Waals surface area (Å²) < 4.78 is 0. The summed E-state index contributed by atoms with van der Waals surface area (Å²) in [7, 11) is 0. The van der Waals surface area contributed by atoms with Gasteiger partial charge in [-0.1, -0.05) is 20.8 Å². The predicted molar refractivity (Wildman–Crippen MR) is 81.7 cm³/mol. The van der Waals surface area contributed by atoms with Gasteiger partial charge in [-0.15, -0.1) is 0 Å². The average Bonchev–Trinajstić information content (AvgIpc) is 2.52. The number of carbonyl (C=O) groups excluding carboxylic acids is 2. The van der Waals surface area contributed by atoms with Gasteiger partial charge in [0.1, 0.15) is 6.10 Å². The monoisotopic (exact) mass is 316 g/mol. The number of aliphatic hydroxyl groups is 2. The van der Waals surface area contributed by atoms with Gasteiger partial charge in [-0.3, -0.25) is 15.0 Å². The maximum Gasteiger partial charge on any atom is 0.253 e. The first-order valence-electron chi connectivity index (χ1n) is 7.63. The zero-order valence-electron chi connectivity index (χ0n) is 13.6. The number of aliphatic hydroxyl groups excluding tert-OH is 2. The van der Waals surface area contributed by atoms with E-state index < -0.39 is 17.4 Å². The maximum atomic E-state index is 11.8. The number of nitrogens with zero attached hydrogens (tertiary/aromatic N) is 2. The molecule has 22 heavy (non-hydrogen) atoms. The molecule has 0 bridgehead atoms. The topological polar surface area (TPSA) is 105 Å². The summed E-state index contributed by atoms with van der Waals surface area (Å²) >= 11 is 0. The van der Waals surface area contributed by atoms with Crippen LogP contribution in [0.2, 0.25) is 0 Å². The average molecular weight is 316 g/mol. The summed E-state index contributed by atoms with van der Waals surface area (Å²) in [6.45, 7) is 9.00. The molecule has 128 valence electrons. The summed E-state index contributed by atoms with van der Waals surface area (Å²) in [4.78, 5) is 25.8. The first-order chi connectivity index (χ1) is 10.3. The van der Waals surface area contributed by atoms with Gasteiger partial charge in [0.05, 0.1) is 13.2 Å². The van der Waals surface area contributed by atoms with Crippen molar-refractivity contribution in [3.63, 3.8) is 0 Å². The lowest BCUT2D eigenvalue weighted by molar-refractivity contribution is -0.139. The number of carbonyl (C=O) groups is 2. The number of hydrogen-bond acceptors (Lipinski definition) is 6. The van der Waals surface area contributed by atoms with E-state index in [0.717, 1.165) is 32.7 Å². The van der Waals surface area contributed by atoms with Gasteiger partial charge in [0, 0.05) is 31.6 Å². The highest BCUT2D eigenvalue weighted by Gasteiger charge is 2.33. The summed E-state index contributed by atoms with van der Waals surface area (Å²) in [5.74, 6) is -0.989. The molecule has 4 N–H and O–H groups in total. The molecule has 8 nitrogen and oxygen atoms in total.